The van der Waals surface area contributed by atoms with Gasteiger partial charge in [-0.25, -0.2) is 19.3 Å². The van der Waals surface area contributed by atoms with Crippen LogP contribution in [0.25, 0.3) is 0 Å². The number of aliphatic carboxylic acids is 1. The largest absolute Gasteiger partial charge is 0.480 e. The van der Waals surface area contributed by atoms with E-state index >= 15 is 0 Å². The van der Waals surface area contributed by atoms with Gasteiger partial charge in [-0.15, -0.1) is 0 Å². The molecule has 1 rings (SSSR count). The number of hydrogen-bond donors (Lipinski definition) is 3. The van der Waals surface area contributed by atoms with Crippen LogP contribution < -0.4 is 10.6 Å². The second-order valence-corrected chi connectivity index (χ2v) is 5.49. The highest BCUT2D eigenvalue weighted by Crippen LogP contribution is 2.03. The van der Waals surface area contributed by atoms with E-state index in [1.807, 2.05) is 0 Å². The Bertz CT molecular complexity index is 481. The van der Waals surface area contributed by atoms with Crippen molar-refractivity contribution in [2.24, 2.45) is 5.92 Å². The first-order valence-corrected chi connectivity index (χ1v) is 6.38. The van der Waals surface area contributed by atoms with Crippen molar-refractivity contribution < 1.29 is 14.7 Å². The van der Waals surface area contributed by atoms with Crippen molar-refractivity contribution in [2.75, 3.05) is 0 Å². The molecule has 0 aliphatic carbocycles. The summed E-state index contributed by atoms with van der Waals surface area (Å²) in [4.78, 5) is 26.6. The molecule has 0 spiro atoms. The fourth-order valence-electron chi connectivity index (χ4n) is 1.46. The summed E-state index contributed by atoms with van der Waals surface area (Å²) in [6.07, 6.45) is 1.43. The van der Waals surface area contributed by atoms with Gasteiger partial charge in [0.25, 0.3) is 0 Å². The highest BCUT2D eigenvalue weighted by atomic mass is 16.4. The average Bonchev–Trinajstić information content (AvgIpc) is 2.72. The zero-order valence-electron chi connectivity index (χ0n) is 12.2. The lowest BCUT2D eigenvalue weighted by atomic mass is 10.1. The SMILES string of the molecule is CC(C)Cn1ncnc1CNC(=O)NC(C)(C)C(=O)O. The van der Waals surface area contributed by atoms with Crippen LogP contribution in [0.5, 0.6) is 0 Å². The molecule has 3 N–H and O–H groups in total. The molecule has 0 aliphatic rings. The summed E-state index contributed by atoms with van der Waals surface area (Å²) >= 11 is 0. The zero-order valence-corrected chi connectivity index (χ0v) is 12.2. The van der Waals surface area contributed by atoms with Gasteiger partial charge < -0.3 is 15.7 Å². The summed E-state index contributed by atoms with van der Waals surface area (Å²) < 4.78 is 1.72. The number of nitrogens with one attached hydrogen (secondary N) is 2. The fraction of sp³-hybridized carbons (Fsp3) is 0.667. The number of urea groups is 1. The van der Waals surface area contributed by atoms with Gasteiger partial charge in [0.1, 0.15) is 17.7 Å². The highest BCUT2D eigenvalue weighted by Gasteiger charge is 2.28. The smallest absolute Gasteiger partial charge is 0.328 e. The van der Waals surface area contributed by atoms with E-state index in [2.05, 4.69) is 34.6 Å². The normalized spacial score (nSPS) is 11.4. The molecule has 0 radical (unpaired) electrons. The van der Waals surface area contributed by atoms with E-state index in [0.29, 0.717) is 18.3 Å². The molecular formula is C12H21N5O3. The Labute approximate surface area is 117 Å². The van der Waals surface area contributed by atoms with E-state index < -0.39 is 17.5 Å². The third kappa shape index (κ3) is 4.52. The minimum absolute atomic E-state index is 0.189. The number of rotatable bonds is 6. The summed E-state index contributed by atoms with van der Waals surface area (Å²) in [7, 11) is 0. The maximum absolute atomic E-state index is 11.6. The molecule has 0 aromatic carbocycles. The Hall–Kier alpha value is -2.12. The van der Waals surface area contributed by atoms with Crippen molar-refractivity contribution >= 4 is 12.0 Å². The van der Waals surface area contributed by atoms with Crippen molar-refractivity contribution in [2.45, 2.75) is 46.3 Å². The van der Waals surface area contributed by atoms with Crippen molar-refractivity contribution in [1.29, 1.82) is 0 Å². The van der Waals surface area contributed by atoms with Crippen molar-refractivity contribution in [1.82, 2.24) is 25.4 Å². The third-order valence-electron chi connectivity index (χ3n) is 2.60. The molecule has 0 saturated heterocycles. The van der Waals surface area contributed by atoms with Crippen LogP contribution in [0, 0.1) is 5.92 Å². The van der Waals surface area contributed by atoms with Crippen LogP contribution >= 0.6 is 0 Å². The number of carbonyl (C=O) groups excluding carboxylic acids is 1. The Morgan fingerprint density at radius 3 is 2.65 bits per heavy atom. The Balaban J connectivity index is 2.53. The topological polar surface area (TPSA) is 109 Å². The number of nitrogens with zero attached hydrogens (tertiary/aromatic N) is 3. The van der Waals surface area contributed by atoms with Crippen molar-refractivity contribution in [3.05, 3.63) is 12.2 Å². The lowest BCUT2D eigenvalue weighted by Gasteiger charge is -2.21. The standard InChI is InChI=1S/C12H21N5O3/c1-8(2)6-17-9(14-7-15-17)5-13-11(20)16-12(3,4)10(18)19/h7-8H,5-6H2,1-4H3,(H,18,19)(H2,13,16,20). The summed E-state index contributed by atoms with van der Waals surface area (Å²) in [5.41, 5.74) is -1.32. The molecule has 112 valence electrons. The minimum atomic E-state index is -1.32. The third-order valence-corrected chi connectivity index (χ3v) is 2.60. The molecule has 20 heavy (non-hydrogen) atoms. The van der Waals surface area contributed by atoms with E-state index in [1.165, 1.54) is 20.2 Å². The van der Waals surface area contributed by atoms with E-state index in [4.69, 9.17) is 5.11 Å². The summed E-state index contributed by atoms with van der Waals surface area (Å²) in [5.74, 6) is -0.0622. The van der Waals surface area contributed by atoms with Crippen molar-refractivity contribution in [3.8, 4) is 0 Å². The zero-order chi connectivity index (χ0) is 15.3. The summed E-state index contributed by atoms with van der Waals surface area (Å²) in [5, 5.41) is 17.9. The number of carboxylic acids is 1. The molecule has 0 fully saturated rings. The first kappa shape index (κ1) is 15.9. The molecule has 1 heterocycles. The second kappa shape index (κ2) is 6.36. The molecule has 2 amide bonds. The predicted octanol–water partition coefficient (Wildman–Crippen LogP) is 0.597. The molecule has 1 aromatic rings. The number of amides is 2. The quantitative estimate of drug-likeness (QED) is 0.708. The van der Waals surface area contributed by atoms with Crippen LogP contribution in [0.15, 0.2) is 6.33 Å². The number of carbonyl (C=O) groups is 2. The molecule has 1 aromatic heterocycles. The van der Waals surface area contributed by atoms with Gasteiger partial charge in [0.05, 0.1) is 6.54 Å². The van der Waals surface area contributed by atoms with Gasteiger partial charge in [0.2, 0.25) is 0 Å². The number of carboxylic acid groups (broad SMARTS) is 1. The van der Waals surface area contributed by atoms with Crippen LogP contribution in [0.1, 0.15) is 33.5 Å². The van der Waals surface area contributed by atoms with Gasteiger partial charge in [-0.1, -0.05) is 13.8 Å². The second-order valence-electron chi connectivity index (χ2n) is 5.49. The van der Waals surface area contributed by atoms with Gasteiger partial charge >= 0.3 is 12.0 Å². The molecule has 0 bridgehead atoms. The van der Waals surface area contributed by atoms with E-state index in [1.54, 1.807) is 4.68 Å². The van der Waals surface area contributed by atoms with Gasteiger partial charge in [-0.2, -0.15) is 5.10 Å². The van der Waals surface area contributed by atoms with E-state index in [0.717, 1.165) is 0 Å². The average molecular weight is 283 g/mol. The summed E-state index contributed by atoms with van der Waals surface area (Å²) in [6.45, 7) is 7.84. The van der Waals surface area contributed by atoms with Crippen molar-refractivity contribution in [3.63, 3.8) is 0 Å². The molecule has 0 unspecified atom stereocenters. The van der Waals surface area contributed by atoms with Gasteiger partial charge in [-0.05, 0) is 19.8 Å². The molecule has 0 saturated carbocycles. The van der Waals surface area contributed by atoms with Crippen LogP contribution in [-0.4, -0.2) is 37.4 Å². The first-order valence-electron chi connectivity index (χ1n) is 6.38. The van der Waals surface area contributed by atoms with Gasteiger partial charge in [-0.3, -0.25) is 0 Å². The monoisotopic (exact) mass is 283 g/mol. The maximum Gasteiger partial charge on any atom is 0.328 e. The van der Waals surface area contributed by atoms with E-state index in [9.17, 15) is 9.59 Å². The van der Waals surface area contributed by atoms with E-state index in [-0.39, 0.29) is 6.54 Å². The summed E-state index contributed by atoms with van der Waals surface area (Å²) in [6, 6.07) is -0.559. The van der Waals surface area contributed by atoms with Crippen LogP contribution in [0.4, 0.5) is 4.79 Å². The van der Waals surface area contributed by atoms with Crippen LogP contribution in [0.3, 0.4) is 0 Å². The molecule has 0 atom stereocenters. The maximum atomic E-state index is 11.6. The molecule has 8 heteroatoms. The first-order chi connectivity index (χ1) is 9.22. The Kier molecular flexibility index (Phi) is 5.06. The minimum Gasteiger partial charge on any atom is -0.480 e. The lowest BCUT2D eigenvalue weighted by molar-refractivity contribution is -0.142. The highest BCUT2D eigenvalue weighted by molar-refractivity contribution is 5.85. The molecule has 8 nitrogen and oxygen atoms in total. The molecule has 0 aliphatic heterocycles. The Morgan fingerprint density at radius 2 is 2.10 bits per heavy atom. The molecular weight excluding hydrogens is 262 g/mol. The Morgan fingerprint density at radius 1 is 1.45 bits per heavy atom. The van der Waals surface area contributed by atoms with Gasteiger partial charge in [0, 0.05) is 6.54 Å². The number of aromatic nitrogens is 3. The van der Waals surface area contributed by atoms with Crippen LogP contribution in [-0.2, 0) is 17.9 Å². The number of hydrogen-bond acceptors (Lipinski definition) is 4. The van der Waals surface area contributed by atoms with Crippen LogP contribution in [0.2, 0.25) is 0 Å². The van der Waals surface area contributed by atoms with Gasteiger partial charge in [0.15, 0.2) is 0 Å². The fourth-order valence-corrected chi connectivity index (χ4v) is 1.46. The predicted molar refractivity (Wildman–Crippen MR) is 71.9 cm³/mol. The lowest BCUT2D eigenvalue weighted by Crippen LogP contribution is -2.53.